The molecule has 1 atom stereocenters. The van der Waals surface area contributed by atoms with Crippen LogP contribution in [0.4, 0.5) is 0 Å². The molecule has 0 amide bonds. The lowest BCUT2D eigenvalue weighted by Crippen LogP contribution is -2.14. The summed E-state index contributed by atoms with van der Waals surface area (Å²) in [4.78, 5) is 72.8. The zero-order chi connectivity index (χ0) is 35.0. The summed E-state index contributed by atoms with van der Waals surface area (Å²) in [6.45, 7) is -0.508. The minimum atomic E-state index is -2.13. The lowest BCUT2D eigenvalue weighted by atomic mass is 10.1. The highest BCUT2D eigenvalue weighted by molar-refractivity contribution is 7.85. The first-order valence-electron chi connectivity index (χ1n) is 13.8. The van der Waals surface area contributed by atoms with Gasteiger partial charge in [0.15, 0.2) is 0 Å². The third-order valence-corrected chi connectivity index (χ3v) is 8.16. The molecule has 4 aromatic rings. The molecule has 0 saturated carbocycles. The standard InChI is InChI=1S/C34H26O13S/c1-44-31(39)21-7-3-19(4-8-21)17-46-33(41)26-14-12-23(15-27(26)30(37)38)48(43)24-11-13-25(29(35)36)28(16-24)34(42)47-18-20-5-9-22(10-6-20)32(40)45-2/h3-16H,17-18H2,1-2H3,(H,35,36)(H,37,38). The smallest absolute Gasteiger partial charge is 0.339 e. The Morgan fingerprint density at radius 2 is 0.917 bits per heavy atom. The molecule has 2 N–H and O–H groups in total. The van der Waals surface area contributed by atoms with Crippen LogP contribution in [0.5, 0.6) is 0 Å². The molecule has 0 fully saturated rings. The van der Waals surface area contributed by atoms with Crippen LogP contribution in [0, 0.1) is 0 Å². The van der Waals surface area contributed by atoms with Crippen molar-refractivity contribution in [1.82, 2.24) is 0 Å². The molecule has 4 aromatic carbocycles. The van der Waals surface area contributed by atoms with Gasteiger partial charge in [-0.15, -0.1) is 0 Å². The molecule has 0 saturated heterocycles. The molecule has 0 heterocycles. The van der Waals surface area contributed by atoms with E-state index < -0.39 is 63.3 Å². The largest absolute Gasteiger partial charge is 0.478 e. The molecule has 13 nitrogen and oxygen atoms in total. The third-order valence-electron chi connectivity index (χ3n) is 6.80. The van der Waals surface area contributed by atoms with Gasteiger partial charge in [0.2, 0.25) is 0 Å². The van der Waals surface area contributed by atoms with Crippen molar-refractivity contribution in [2.24, 2.45) is 0 Å². The molecular weight excluding hydrogens is 648 g/mol. The molecule has 0 aliphatic heterocycles. The molecule has 0 bridgehead atoms. The SMILES string of the molecule is COC(=O)c1ccc(COC(=O)c2ccc(S(=O)c3ccc(C(=O)O)c(C(=O)OCc4ccc(C(=O)OC)cc4)c3)cc2C(=O)O)cc1. The number of carbonyl (C=O) groups excluding carboxylic acids is 4. The van der Waals surface area contributed by atoms with Crippen molar-refractivity contribution in [1.29, 1.82) is 0 Å². The van der Waals surface area contributed by atoms with Crippen molar-refractivity contribution in [3.05, 3.63) is 129 Å². The summed E-state index contributed by atoms with van der Waals surface area (Å²) in [6.07, 6.45) is 0. The van der Waals surface area contributed by atoms with Gasteiger partial charge in [-0.25, -0.2) is 33.0 Å². The number of carboxylic acid groups (broad SMARTS) is 2. The summed E-state index contributed by atoms with van der Waals surface area (Å²) in [5.74, 6) is -6.06. The van der Waals surface area contributed by atoms with Crippen molar-refractivity contribution in [2.75, 3.05) is 14.2 Å². The van der Waals surface area contributed by atoms with E-state index in [4.69, 9.17) is 9.47 Å². The summed E-state index contributed by atoms with van der Waals surface area (Å²) in [7, 11) is 0.339. The number of aromatic carboxylic acids is 2. The number of rotatable bonds is 12. The van der Waals surface area contributed by atoms with Crippen LogP contribution in [0.25, 0.3) is 0 Å². The van der Waals surface area contributed by atoms with E-state index in [0.29, 0.717) is 11.1 Å². The van der Waals surface area contributed by atoms with Gasteiger partial charge in [0.25, 0.3) is 0 Å². The lowest BCUT2D eigenvalue weighted by molar-refractivity contribution is 0.0457. The van der Waals surface area contributed by atoms with Crippen molar-refractivity contribution in [3.8, 4) is 0 Å². The third kappa shape index (κ3) is 8.16. The van der Waals surface area contributed by atoms with Crippen molar-refractivity contribution < 1.29 is 62.1 Å². The normalized spacial score (nSPS) is 11.1. The highest BCUT2D eigenvalue weighted by Gasteiger charge is 2.24. The molecule has 246 valence electrons. The number of carbonyl (C=O) groups is 6. The van der Waals surface area contributed by atoms with Crippen LogP contribution in [0.15, 0.2) is 94.7 Å². The fourth-order valence-corrected chi connectivity index (χ4v) is 5.39. The second kappa shape index (κ2) is 15.4. The van der Waals surface area contributed by atoms with Crippen LogP contribution in [-0.4, -0.2) is 64.5 Å². The van der Waals surface area contributed by atoms with Crippen LogP contribution < -0.4 is 0 Å². The quantitative estimate of drug-likeness (QED) is 0.157. The van der Waals surface area contributed by atoms with Gasteiger partial charge in [-0.2, -0.15) is 0 Å². The average Bonchev–Trinajstić information content (AvgIpc) is 3.11. The van der Waals surface area contributed by atoms with E-state index in [9.17, 15) is 43.2 Å². The number of methoxy groups -OCH3 is 2. The highest BCUT2D eigenvalue weighted by atomic mass is 32.2. The van der Waals surface area contributed by atoms with Crippen LogP contribution >= 0.6 is 0 Å². The van der Waals surface area contributed by atoms with Gasteiger partial charge in [-0.3, -0.25) is 0 Å². The van der Waals surface area contributed by atoms with Crippen molar-refractivity contribution in [3.63, 3.8) is 0 Å². The number of hydrogen-bond acceptors (Lipinski definition) is 11. The zero-order valence-corrected chi connectivity index (χ0v) is 26.1. The number of carboxylic acids is 2. The molecule has 0 aliphatic carbocycles. The Kier molecular flexibility index (Phi) is 11.2. The van der Waals surface area contributed by atoms with Gasteiger partial charge in [0, 0.05) is 9.79 Å². The highest BCUT2D eigenvalue weighted by Crippen LogP contribution is 2.24. The fourth-order valence-electron chi connectivity index (χ4n) is 4.29. The van der Waals surface area contributed by atoms with Gasteiger partial charge >= 0.3 is 35.8 Å². The Bertz CT molecular complexity index is 1930. The van der Waals surface area contributed by atoms with E-state index in [1.165, 1.54) is 74.9 Å². The van der Waals surface area contributed by atoms with E-state index in [1.807, 2.05) is 0 Å². The predicted octanol–water partition coefficient (Wildman–Crippen LogP) is 4.54. The number of ether oxygens (including phenoxy) is 4. The molecule has 0 aliphatic rings. The number of benzene rings is 4. The minimum Gasteiger partial charge on any atom is -0.478 e. The molecule has 0 aromatic heterocycles. The van der Waals surface area contributed by atoms with Crippen molar-refractivity contribution >= 4 is 46.6 Å². The van der Waals surface area contributed by atoms with Gasteiger partial charge < -0.3 is 29.2 Å². The average molecular weight is 675 g/mol. The minimum absolute atomic E-state index is 0.0450. The predicted molar refractivity (Wildman–Crippen MR) is 165 cm³/mol. The first-order chi connectivity index (χ1) is 22.9. The topological polar surface area (TPSA) is 197 Å². The Hall–Kier alpha value is -6.15. The van der Waals surface area contributed by atoms with E-state index in [0.717, 1.165) is 24.3 Å². The Morgan fingerprint density at radius 1 is 0.521 bits per heavy atom. The van der Waals surface area contributed by atoms with Crippen molar-refractivity contribution in [2.45, 2.75) is 23.0 Å². The molecule has 4 rings (SSSR count). The summed E-state index contributed by atoms with van der Waals surface area (Å²) in [5.41, 5.74) is -0.0916. The first-order valence-corrected chi connectivity index (χ1v) is 14.9. The Labute approximate surface area is 275 Å². The maximum Gasteiger partial charge on any atom is 0.339 e. The molecule has 48 heavy (non-hydrogen) atoms. The summed E-state index contributed by atoms with van der Waals surface area (Å²) in [5, 5.41) is 19.4. The second-order valence-corrected chi connectivity index (χ2v) is 11.3. The Balaban J connectivity index is 1.52. The molecule has 0 radical (unpaired) electrons. The van der Waals surface area contributed by atoms with Gasteiger partial charge in [0.1, 0.15) is 13.2 Å². The lowest BCUT2D eigenvalue weighted by Gasteiger charge is -2.12. The van der Waals surface area contributed by atoms with E-state index in [2.05, 4.69) is 9.47 Å². The first kappa shape index (κ1) is 34.7. The molecule has 14 heteroatoms. The number of hydrogen-bond donors (Lipinski definition) is 2. The van der Waals surface area contributed by atoms with Crippen LogP contribution in [0.3, 0.4) is 0 Å². The van der Waals surface area contributed by atoms with E-state index >= 15 is 0 Å². The van der Waals surface area contributed by atoms with Crippen LogP contribution in [-0.2, 0) is 43.0 Å². The second-order valence-electron chi connectivity index (χ2n) is 9.82. The van der Waals surface area contributed by atoms with Crippen LogP contribution in [0.2, 0.25) is 0 Å². The summed E-state index contributed by atoms with van der Waals surface area (Å²) in [6, 6.07) is 18.7. The monoisotopic (exact) mass is 674 g/mol. The fraction of sp³-hybridized carbons (Fsp3) is 0.118. The number of esters is 4. The summed E-state index contributed by atoms with van der Waals surface area (Å²) >= 11 is 0. The zero-order valence-electron chi connectivity index (χ0n) is 25.3. The van der Waals surface area contributed by atoms with Crippen LogP contribution in [0.1, 0.15) is 73.3 Å². The summed E-state index contributed by atoms with van der Waals surface area (Å²) < 4.78 is 33.3. The molecule has 1 unspecified atom stereocenters. The molecule has 0 spiro atoms. The maximum absolute atomic E-state index is 13.5. The van der Waals surface area contributed by atoms with Gasteiger partial charge in [-0.1, -0.05) is 24.3 Å². The van der Waals surface area contributed by atoms with Gasteiger partial charge in [0.05, 0.1) is 58.4 Å². The maximum atomic E-state index is 13.5. The van der Waals surface area contributed by atoms with E-state index in [1.54, 1.807) is 0 Å². The van der Waals surface area contributed by atoms with E-state index in [-0.39, 0.29) is 39.7 Å². The molecular formula is C34H26O13S. The van der Waals surface area contributed by atoms with Gasteiger partial charge in [-0.05, 0) is 71.8 Å². The Morgan fingerprint density at radius 3 is 1.33 bits per heavy atom.